The zero-order valence-electron chi connectivity index (χ0n) is 18.0. The summed E-state index contributed by atoms with van der Waals surface area (Å²) in [5.74, 6) is -0.0864. The Kier molecular flexibility index (Phi) is 6.80. The van der Waals surface area contributed by atoms with Gasteiger partial charge < -0.3 is 10.1 Å². The van der Waals surface area contributed by atoms with Crippen molar-refractivity contribution in [2.75, 3.05) is 11.8 Å². The molecule has 0 aliphatic rings. The summed E-state index contributed by atoms with van der Waals surface area (Å²) in [6, 6.07) is 18.1. The smallest absolute Gasteiger partial charge is 0.263 e. The Morgan fingerprint density at radius 3 is 2.56 bits per heavy atom. The summed E-state index contributed by atoms with van der Waals surface area (Å²) >= 11 is 6.16. The molecule has 3 aromatic carbocycles. The largest absolute Gasteiger partial charge is 0.495 e. The molecule has 0 saturated carbocycles. The van der Waals surface area contributed by atoms with E-state index in [2.05, 4.69) is 20.1 Å². The van der Waals surface area contributed by atoms with E-state index in [1.54, 1.807) is 35.3 Å². The molecular formula is C23H20ClN5O4S. The van der Waals surface area contributed by atoms with Crippen LogP contribution in [0.15, 0.2) is 84.3 Å². The van der Waals surface area contributed by atoms with Crippen LogP contribution in [0.25, 0.3) is 5.69 Å². The predicted molar refractivity (Wildman–Crippen MR) is 128 cm³/mol. The van der Waals surface area contributed by atoms with Crippen LogP contribution in [0.2, 0.25) is 5.02 Å². The Labute approximate surface area is 201 Å². The Morgan fingerprint density at radius 2 is 1.85 bits per heavy atom. The lowest BCUT2D eigenvalue weighted by Gasteiger charge is -2.13. The maximum Gasteiger partial charge on any atom is 0.263 e. The minimum atomic E-state index is -4.08. The third-order valence-electron chi connectivity index (χ3n) is 4.91. The van der Waals surface area contributed by atoms with Gasteiger partial charge in [-0.05, 0) is 48.0 Å². The molecule has 9 nitrogen and oxygen atoms in total. The molecule has 4 rings (SSSR count). The van der Waals surface area contributed by atoms with E-state index in [-0.39, 0.29) is 27.7 Å². The van der Waals surface area contributed by atoms with Gasteiger partial charge in [0.2, 0.25) is 0 Å². The van der Waals surface area contributed by atoms with Crippen LogP contribution in [0.4, 0.5) is 5.69 Å². The maximum absolute atomic E-state index is 13.0. The van der Waals surface area contributed by atoms with Crippen LogP contribution < -0.4 is 14.8 Å². The van der Waals surface area contributed by atoms with Crippen LogP contribution in [0.5, 0.6) is 5.75 Å². The van der Waals surface area contributed by atoms with Crippen LogP contribution >= 0.6 is 11.6 Å². The Morgan fingerprint density at radius 1 is 1.09 bits per heavy atom. The zero-order chi connectivity index (χ0) is 24.1. The number of hydrogen-bond acceptors (Lipinski definition) is 6. The number of carbonyl (C=O) groups is 1. The fourth-order valence-electron chi connectivity index (χ4n) is 3.17. The van der Waals surface area contributed by atoms with Crippen molar-refractivity contribution < 1.29 is 17.9 Å². The second-order valence-electron chi connectivity index (χ2n) is 7.14. The van der Waals surface area contributed by atoms with Crippen LogP contribution in [-0.4, -0.2) is 36.2 Å². The standard InChI is InChI=1S/C23H20ClN5O4S/c1-33-21-5-3-2-4-20(21)28-34(31,32)22-12-17(8-11-19(22)24)23(30)26-13-16-6-9-18(10-7-16)29-15-25-14-27-29/h2-12,14-15,28H,13H2,1H3,(H,26,30). The van der Waals surface area contributed by atoms with E-state index in [0.29, 0.717) is 5.75 Å². The van der Waals surface area contributed by atoms with Crippen molar-refractivity contribution in [3.8, 4) is 11.4 Å². The topological polar surface area (TPSA) is 115 Å². The quantitative estimate of drug-likeness (QED) is 0.384. The molecule has 4 aromatic rings. The number of ether oxygens (including phenoxy) is 1. The molecule has 0 unspecified atom stereocenters. The molecule has 11 heteroatoms. The van der Waals surface area contributed by atoms with Gasteiger partial charge in [-0.3, -0.25) is 9.52 Å². The number of benzene rings is 3. The molecule has 0 aliphatic carbocycles. The summed E-state index contributed by atoms with van der Waals surface area (Å²) in [7, 11) is -2.64. The van der Waals surface area contributed by atoms with Crippen LogP contribution in [-0.2, 0) is 16.6 Å². The second kappa shape index (κ2) is 9.94. The van der Waals surface area contributed by atoms with Gasteiger partial charge in [0.1, 0.15) is 23.3 Å². The number of nitrogens with one attached hydrogen (secondary N) is 2. The first-order valence-electron chi connectivity index (χ1n) is 10.0. The summed E-state index contributed by atoms with van der Waals surface area (Å²) in [6.07, 6.45) is 3.03. The number of amides is 1. The van der Waals surface area contributed by atoms with Crippen molar-refractivity contribution in [3.05, 3.63) is 95.5 Å². The number of methoxy groups -OCH3 is 1. The number of rotatable bonds is 8. The van der Waals surface area contributed by atoms with Gasteiger partial charge in [-0.15, -0.1) is 0 Å². The summed E-state index contributed by atoms with van der Waals surface area (Å²) in [6.45, 7) is 0.251. The molecule has 174 valence electrons. The van der Waals surface area contributed by atoms with Crippen LogP contribution in [0.1, 0.15) is 15.9 Å². The van der Waals surface area contributed by atoms with E-state index >= 15 is 0 Å². The van der Waals surface area contributed by atoms with Crippen molar-refractivity contribution in [1.29, 1.82) is 0 Å². The van der Waals surface area contributed by atoms with Crippen molar-refractivity contribution in [2.45, 2.75) is 11.4 Å². The lowest BCUT2D eigenvalue weighted by Crippen LogP contribution is -2.23. The lowest BCUT2D eigenvalue weighted by atomic mass is 10.2. The highest BCUT2D eigenvalue weighted by Crippen LogP contribution is 2.29. The molecule has 0 bridgehead atoms. The highest BCUT2D eigenvalue weighted by atomic mass is 35.5. The Bertz CT molecular complexity index is 1410. The van der Waals surface area contributed by atoms with Gasteiger partial charge in [0.05, 0.1) is 23.5 Å². The van der Waals surface area contributed by atoms with Gasteiger partial charge in [-0.1, -0.05) is 35.9 Å². The number of anilines is 1. The van der Waals surface area contributed by atoms with Crippen molar-refractivity contribution in [3.63, 3.8) is 0 Å². The van der Waals surface area contributed by atoms with E-state index < -0.39 is 15.9 Å². The molecular weight excluding hydrogens is 478 g/mol. The molecule has 2 N–H and O–H groups in total. The van der Waals surface area contributed by atoms with E-state index in [1.807, 2.05) is 24.3 Å². The number of halogens is 1. The first-order chi connectivity index (χ1) is 16.4. The SMILES string of the molecule is COc1ccccc1NS(=O)(=O)c1cc(C(=O)NCc2ccc(-n3cncn3)cc2)ccc1Cl. The zero-order valence-corrected chi connectivity index (χ0v) is 19.5. The van der Waals surface area contributed by atoms with Crippen molar-refractivity contribution >= 4 is 33.2 Å². The summed E-state index contributed by atoms with van der Waals surface area (Å²) in [5, 5.41) is 6.84. The van der Waals surface area contributed by atoms with E-state index in [4.69, 9.17) is 16.3 Å². The molecule has 1 heterocycles. The van der Waals surface area contributed by atoms with Gasteiger partial charge in [0.25, 0.3) is 15.9 Å². The van der Waals surface area contributed by atoms with E-state index in [9.17, 15) is 13.2 Å². The molecule has 0 saturated heterocycles. The number of para-hydroxylation sites is 2. The van der Waals surface area contributed by atoms with E-state index in [0.717, 1.165) is 11.3 Å². The number of sulfonamides is 1. The summed E-state index contributed by atoms with van der Waals surface area (Å²) < 4.78 is 35.2. The average molecular weight is 498 g/mol. The fourth-order valence-corrected chi connectivity index (χ4v) is 4.77. The number of hydrogen-bond donors (Lipinski definition) is 2. The first-order valence-corrected chi connectivity index (χ1v) is 11.9. The van der Waals surface area contributed by atoms with Gasteiger partial charge in [-0.2, -0.15) is 5.10 Å². The minimum Gasteiger partial charge on any atom is -0.495 e. The highest BCUT2D eigenvalue weighted by molar-refractivity contribution is 7.92. The third kappa shape index (κ3) is 5.19. The summed E-state index contributed by atoms with van der Waals surface area (Å²) in [4.78, 5) is 16.4. The van der Waals surface area contributed by atoms with Gasteiger partial charge in [0.15, 0.2) is 0 Å². The monoisotopic (exact) mass is 497 g/mol. The number of nitrogens with zero attached hydrogens (tertiary/aromatic N) is 3. The molecule has 34 heavy (non-hydrogen) atoms. The Balaban J connectivity index is 1.48. The Hall–Kier alpha value is -3.89. The molecule has 1 aromatic heterocycles. The number of carbonyl (C=O) groups excluding carboxylic acids is 1. The molecule has 0 spiro atoms. The number of aromatic nitrogens is 3. The molecule has 0 atom stereocenters. The average Bonchev–Trinajstić information content (AvgIpc) is 3.38. The van der Waals surface area contributed by atoms with Gasteiger partial charge >= 0.3 is 0 Å². The minimum absolute atomic E-state index is 0.0114. The normalized spacial score (nSPS) is 11.1. The van der Waals surface area contributed by atoms with Crippen molar-refractivity contribution in [2.24, 2.45) is 0 Å². The molecule has 0 fully saturated rings. The maximum atomic E-state index is 13.0. The first kappa shape index (κ1) is 23.3. The molecule has 0 aliphatic heterocycles. The fraction of sp³-hybridized carbons (Fsp3) is 0.0870. The molecule has 1 amide bonds. The van der Waals surface area contributed by atoms with Crippen molar-refractivity contribution in [1.82, 2.24) is 20.1 Å². The van der Waals surface area contributed by atoms with Crippen LogP contribution in [0, 0.1) is 0 Å². The summed E-state index contributed by atoms with van der Waals surface area (Å²) in [5.41, 5.74) is 2.11. The van der Waals surface area contributed by atoms with Crippen LogP contribution in [0.3, 0.4) is 0 Å². The molecule has 0 radical (unpaired) electrons. The van der Waals surface area contributed by atoms with Gasteiger partial charge in [-0.25, -0.2) is 18.1 Å². The predicted octanol–water partition coefficient (Wildman–Crippen LogP) is 3.66. The third-order valence-corrected chi connectivity index (χ3v) is 6.75. The lowest BCUT2D eigenvalue weighted by molar-refractivity contribution is 0.0950. The van der Waals surface area contributed by atoms with Gasteiger partial charge in [0, 0.05) is 12.1 Å². The van der Waals surface area contributed by atoms with E-state index in [1.165, 1.54) is 31.6 Å². The second-order valence-corrected chi connectivity index (χ2v) is 9.20. The highest BCUT2D eigenvalue weighted by Gasteiger charge is 2.21.